The normalized spacial score (nSPS) is 14.9. The summed E-state index contributed by atoms with van der Waals surface area (Å²) in [6, 6.07) is 8.66. The molecule has 10 heteroatoms. The Balaban J connectivity index is 1.27. The highest BCUT2D eigenvalue weighted by Gasteiger charge is 2.34. The molecule has 2 N–H and O–H groups in total. The number of benzene rings is 1. The molecule has 3 amide bonds. The molecule has 0 radical (unpaired) electrons. The molecule has 0 atom stereocenters. The van der Waals surface area contributed by atoms with Gasteiger partial charge in [0, 0.05) is 65.3 Å². The van der Waals surface area contributed by atoms with Gasteiger partial charge in [-0.05, 0) is 81.0 Å². The second kappa shape index (κ2) is 12.5. The van der Waals surface area contributed by atoms with Crippen LogP contribution in [0.4, 0.5) is 4.39 Å². The third-order valence-corrected chi connectivity index (χ3v) is 7.70. The molecule has 2 heterocycles. The summed E-state index contributed by atoms with van der Waals surface area (Å²) in [6.07, 6.45) is 9.77. The number of nitrogens with one attached hydrogen (secondary N) is 2. The number of rotatable bonds is 11. The quantitative estimate of drug-likeness (QED) is 0.334. The Hall–Kier alpha value is -4.60. The van der Waals surface area contributed by atoms with Gasteiger partial charge < -0.3 is 20.1 Å². The van der Waals surface area contributed by atoms with E-state index in [-0.39, 0.29) is 55.0 Å². The molecule has 9 nitrogen and oxygen atoms in total. The van der Waals surface area contributed by atoms with Crippen LogP contribution in [0, 0.1) is 0 Å². The zero-order chi connectivity index (χ0) is 29.8. The number of hydrogen-bond acceptors (Lipinski definition) is 5. The van der Waals surface area contributed by atoms with Crippen LogP contribution in [0.1, 0.15) is 65.8 Å². The lowest BCUT2D eigenvalue weighted by atomic mass is 9.99. The number of halogens is 1. The van der Waals surface area contributed by atoms with E-state index in [1.807, 2.05) is 12.1 Å². The van der Waals surface area contributed by atoms with Gasteiger partial charge in [-0.2, -0.15) is 0 Å². The highest BCUT2D eigenvalue weighted by Crippen LogP contribution is 2.29. The molecule has 2 aliphatic carbocycles. The summed E-state index contributed by atoms with van der Waals surface area (Å²) in [7, 11) is 0. The highest BCUT2D eigenvalue weighted by molar-refractivity contribution is 6.09. The molecule has 42 heavy (non-hydrogen) atoms. The van der Waals surface area contributed by atoms with E-state index in [1.54, 1.807) is 59.3 Å². The van der Waals surface area contributed by atoms with Gasteiger partial charge in [0.2, 0.25) is 11.8 Å². The zero-order valence-corrected chi connectivity index (χ0v) is 23.8. The van der Waals surface area contributed by atoms with Crippen molar-refractivity contribution in [2.45, 2.75) is 58.7 Å². The molecule has 1 fully saturated rings. The smallest absolute Gasteiger partial charge is 0.251 e. The molecule has 1 aromatic carbocycles. The van der Waals surface area contributed by atoms with Gasteiger partial charge in [0.1, 0.15) is 12.4 Å². The van der Waals surface area contributed by atoms with Gasteiger partial charge in [-0.25, -0.2) is 4.39 Å². The van der Waals surface area contributed by atoms with Crippen LogP contribution in [0.15, 0.2) is 72.0 Å². The molecule has 1 saturated carbocycles. The molecule has 0 aliphatic heterocycles. The third kappa shape index (κ3) is 6.64. The predicted molar refractivity (Wildman–Crippen MR) is 156 cm³/mol. The standard InChI is InChI=1S/C32H34FN5O4/c1-20-4-3-5-24(31(20)33)16-35-29(40)18-38(25-7-8-25)30(41)19-37-17-27(21(2)39)26-14-23(6-9-28(26)37)32(42)36-15-22-10-12-34-13-11-22/h5-6,9-14,17,25H,3-4,7-8,15-16,18-19H2,1-2H3,(H,35,40)(H,36,42). The van der Waals surface area contributed by atoms with Crippen molar-refractivity contribution < 1.29 is 23.6 Å². The monoisotopic (exact) mass is 571 g/mol. The summed E-state index contributed by atoms with van der Waals surface area (Å²) in [6.45, 7) is 3.42. The van der Waals surface area contributed by atoms with Crippen molar-refractivity contribution in [2.24, 2.45) is 0 Å². The molecular weight excluding hydrogens is 537 g/mol. The van der Waals surface area contributed by atoms with Crippen LogP contribution in [0.3, 0.4) is 0 Å². The highest BCUT2D eigenvalue weighted by atomic mass is 19.1. The number of carbonyl (C=O) groups is 4. The van der Waals surface area contributed by atoms with E-state index in [4.69, 9.17) is 0 Å². The molecule has 0 spiro atoms. The van der Waals surface area contributed by atoms with Gasteiger partial charge >= 0.3 is 0 Å². The molecule has 0 saturated heterocycles. The van der Waals surface area contributed by atoms with E-state index < -0.39 is 0 Å². The summed E-state index contributed by atoms with van der Waals surface area (Å²) in [5.74, 6) is -1.35. The second-order valence-electron chi connectivity index (χ2n) is 10.9. The van der Waals surface area contributed by atoms with Crippen LogP contribution in [0.25, 0.3) is 10.9 Å². The number of nitrogens with zero attached hydrogens (tertiary/aromatic N) is 3. The maximum absolute atomic E-state index is 14.4. The molecule has 5 rings (SSSR count). The minimum Gasteiger partial charge on any atom is -0.350 e. The number of pyridine rings is 1. The lowest BCUT2D eigenvalue weighted by Gasteiger charge is -2.23. The van der Waals surface area contributed by atoms with Gasteiger partial charge in [-0.1, -0.05) is 6.08 Å². The first-order chi connectivity index (χ1) is 20.2. The first-order valence-corrected chi connectivity index (χ1v) is 14.1. The maximum Gasteiger partial charge on any atom is 0.251 e. The van der Waals surface area contributed by atoms with E-state index in [0.717, 1.165) is 24.8 Å². The van der Waals surface area contributed by atoms with Crippen molar-refractivity contribution in [1.29, 1.82) is 0 Å². The molecule has 2 aliphatic rings. The van der Waals surface area contributed by atoms with Crippen molar-refractivity contribution >= 4 is 34.4 Å². The van der Waals surface area contributed by atoms with Gasteiger partial charge in [0.25, 0.3) is 5.91 Å². The Morgan fingerprint density at radius 2 is 1.83 bits per heavy atom. The Morgan fingerprint density at radius 1 is 1.07 bits per heavy atom. The van der Waals surface area contributed by atoms with Crippen molar-refractivity contribution in [1.82, 2.24) is 25.1 Å². The Morgan fingerprint density at radius 3 is 2.55 bits per heavy atom. The Labute approximate surface area is 243 Å². The summed E-state index contributed by atoms with van der Waals surface area (Å²) >= 11 is 0. The number of Topliss-reactive ketones (excluding diaryl/α,β-unsaturated/α-hetero) is 1. The number of hydrogen-bond donors (Lipinski definition) is 2. The fourth-order valence-corrected chi connectivity index (χ4v) is 5.17. The van der Waals surface area contributed by atoms with Crippen LogP contribution in [0.2, 0.25) is 0 Å². The van der Waals surface area contributed by atoms with E-state index in [0.29, 0.717) is 46.1 Å². The van der Waals surface area contributed by atoms with Gasteiger partial charge in [-0.15, -0.1) is 0 Å². The first-order valence-electron chi connectivity index (χ1n) is 14.1. The van der Waals surface area contributed by atoms with Gasteiger partial charge in [-0.3, -0.25) is 24.2 Å². The average molecular weight is 572 g/mol. The number of ketones is 1. The van der Waals surface area contributed by atoms with Crippen molar-refractivity contribution in [3.05, 3.63) is 88.7 Å². The summed E-state index contributed by atoms with van der Waals surface area (Å²) < 4.78 is 16.1. The average Bonchev–Trinajstić information content (AvgIpc) is 3.77. The first kappa shape index (κ1) is 28.9. The fourth-order valence-electron chi connectivity index (χ4n) is 5.17. The molecule has 0 bridgehead atoms. The van der Waals surface area contributed by atoms with Crippen molar-refractivity contribution in [2.75, 3.05) is 13.1 Å². The number of allylic oxidation sites excluding steroid dienone is 2. The van der Waals surface area contributed by atoms with E-state index >= 15 is 0 Å². The maximum atomic E-state index is 14.4. The number of amides is 3. The predicted octanol–water partition coefficient (Wildman–Crippen LogP) is 4.24. The van der Waals surface area contributed by atoms with Gasteiger partial charge in [0.15, 0.2) is 5.78 Å². The van der Waals surface area contributed by atoms with Crippen LogP contribution >= 0.6 is 0 Å². The largest absolute Gasteiger partial charge is 0.350 e. The van der Waals surface area contributed by atoms with Crippen molar-refractivity contribution in [3.63, 3.8) is 0 Å². The second-order valence-corrected chi connectivity index (χ2v) is 10.9. The van der Waals surface area contributed by atoms with Crippen LogP contribution < -0.4 is 10.6 Å². The van der Waals surface area contributed by atoms with Crippen LogP contribution in [-0.2, 0) is 22.7 Å². The minimum absolute atomic E-state index is 0.0270. The lowest BCUT2D eigenvalue weighted by Crippen LogP contribution is -2.43. The van der Waals surface area contributed by atoms with E-state index in [9.17, 15) is 23.6 Å². The van der Waals surface area contributed by atoms with Crippen molar-refractivity contribution in [3.8, 4) is 0 Å². The molecule has 0 unspecified atom stereocenters. The zero-order valence-electron chi connectivity index (χ0n) is 23.8. The van der Waals surface area contributed by atoms with E-state index in [1.165, 1.54) is 6.92 Å². The Kier molecular flexibility index (Phi) is 8.61. The molecule has 2 aromatic heterocycles. The third-order valence-electron chi connectivity index (χ3n) is 7.70. The number of fused-ring (bicyclic) bond motifs is 1. The van der Waals surface area contributed by atoms with E-state index in [2.05, 4.69) is 15.6 Å². The lowest BCUT2D eigenvalue weighted by molar-refractivity contribution is -0.137. The molecular formula is C32H34FN5O4. The Bertz CT molecular complexity index is 1600. The number of carbonyl (C=O) groups excluding carboxylic acids is 4. The van der Waals surface area contributed by atoms with Crippen LogP contribution in [0.5, 0.6) is 0 Å². The SMILES string of the molecule is CC(=O)c1cn(CC(=O)N(CC(=O)NCC2=CCCC(C)=C2F)C2CC2)c2ccc(C(=O)NCc3ccncc3)cc12. The van der Waals surface area contributed by atoms with Gasteiger partial charge in [0.05, 0.1) is 6.54 Å². The summed E-state index contributed by atoms with van der Waals surface area (Å²) in [5.41, 5.74) is 3.50. The number of aromatic nitrogens is 2. The summed E-state index contributed by atoms with van der Waals surface area (Å²) in [5, 5.41) is 6.20. The topological polar surface area (TPSA) is 113 Å². The minimum atomic E-state index is -0.351. The summed E-state index contributed by atoms with van der Waals surface area (Å²) in [4.78, 5) is 57.1. The fraction of sp³-hybridized carbons (Fsp3) is 0.344. The van der Waals surface area contributed by atoms with Crippen LogP contribution in [-0.4, -0.2) is 57.1 Å². The molecule has 218 valence electrons. The molecule has 3 aromatic rings.